The topological polar surface area (TPSA) is 98.3 Å². The SMILES string of the molecule is CC(C)(C)Nc1ccc([N+](=O)[O-])cc1[N+](=O)[O-]. The van der Waals surface area contributed by atoms with E-state index >= 15 is 0 Å². The van der Waals surface area contributed by atoms with Crippen molar-refractivity contribution >= 4 is 17.1 Å². The maximum atomic E-state index is 10.8. The summed E-state index contributed by atoms with van der Waals surface area (Å²) in [5.74, 6) is 0. The highest BCUT2D eigenvalue weighted by Crippen LogP contribution is 2.30. The summed E-state index contributed by atoms with van der Waals surface area (Å²) in [6, 6.07) is 3.54. The van der Waals surface area contributed by atoms with Crippen LogP contribution in [-0.4, -0.2) is 15.4 Å². The van der Waals surface area contributed by atoms with Crippen LogP contribution >= 0.6 is 0 Å². The lowest BCUT2D eigenvalue weighted by atomic mass is 10.1. The molecule has 0 fully saturated rings. The Kier molecular flexibility index (Phi) is 3.31. The number of nitro benzene ring substituents is 2. The maximum Gasteiger partial charge on any atom is 0.299 e. The Morgan fingerprint density at radius 2 is 1.71 bits per heavy atom. The highest BCUT2D eigenvalue weighted by molar-refractivity contribution is 5.66. The molecule has 1 N–H and O–H groups in total. The predicted octanol–water partition coefficient (Wildman–Crippen LogP) is 2.71. The van der Waals surface area contributed by atoms with E-state index in [-0.39, 0.29) is 22.6 Å². The van der Waals surface area contributed by atoms with Gasteiger partial charge in [0.25, 0.3) is 11.4 Å². The third kappa shape index (κ3) is 3.40. The molecule has 1 aromatic rings. The average molecular weight is 239 g/mol. The Bertz CT molecular complexity index is 465. The Morgan fingerprint density at radius 3 is 2.12 bits per heavy atom. The number of rotatable bonds is 3. The Morgan fingerprint density at radius 1 is 1.12 bits per heavy atom. The van der Waals surface area contributed by atoms with Gasteiger partial charge < -0.3 is 5.32 Å². The van der Waals surface area contributed by atoms with Crippen molar-refractivity contribution in [3.05, 3.63) is 38.4 Å². The second-order valence-corrected chi connectivity index (χ2v) is 4.59. The van der Waals surface area contributed by atoms with Crippen LogP contribution in [0.2, 0.25) is 0 Å². The third-order valence-electron chi connectivity index (χ3n) is 1.90. The van der Waals surface area contributed by atoms with Gasteiger partial charge in [-0.2, -0.15) is 0 Å². The molecule has 0 atom stereocenters. The van der Waals surface area contributed by atoms with E-state index in [1.54, 1.807) is 0 Å². The molecule has 0 amide bonds. The van der Waals surface area contributed by atoms with Gasteiger partial charge in [-0.3, -0.25) is 20.2 Å². The molecule has 0 aliphatic carbocycles. The van der Waals surface area contributed by atoms with Crippen LogP contribution in [0.3, 0.4) is 0 Å². The van der Waals surface area contributed by atoms with Crippen LogP contribution in [0.5, 0.6) is 0 Å². The molecule has 0 saturated carbocycles. The lowest BCUT2D eigenvalue weighted by Gasteiger charge is -2.21. The predicted molar refractivity (Wildman–Crippen MR) is 63.1 cm³/mol. The number of benzene rings is 1. The van der Waals surface area contributed by atoms with E-state index < -0.39 is 9.85 Å². The monoisotopic (exact) mass is 239 g/mol. The summed E-state index contributed by atoms with van der Waals surface area (Å²) in [5, 5.41) is 24.3. The molecule has 0 spiro atoms. The molecule has 92 valence electrons. The zero-order valence-corrected chi connectivity index (χ0v) is 9.76. The fourth-order valence-corrected chi connectivity index (χ4v) is 1.29. The van der Waals surface area contributed by atoms with Crippen LogP contribution in [0.4, 0.5) is 17.1 Å². The van der Waals surface area contributed by atoms with Crippen LogP contribution in [0.15, 0.2) is 18.2 Å². The van der Waals surface area contributed by atoms with Crippen LogP contribution < -0.4 is 5.32 Å². The molecule has 0 saturated heterocycles. The van der Waals surface area contributed by atoms with Crippen molar-refractivity contribution < 1.29 is 9.85 Å². The molecule has 7 heteroatoms. The molecule has 0 aromatic heterocycles. The van der Waals surface area contributed by atoms with E-state index in [1.165, 1.54) is 12.1 Å². The van der Waals surface area contributed by atoms with E-state index in [1.807, 2.05) is 20.8 Å². The molecule has 7 nitrogen and oxygen atoms in total. The largest absolute Gasteiger partial charge is 0.375 e. The lowest BCUT2D eigenvalue weighted by molar-refractivity contribution is -0.393. The van der Waals surface area contributed by atoms with Gasteiger partial charge in [-0.15, -0.1) is 0 Å². The molecule has 0 heterocycles. The minimum Gasteiger partial charge on any atom is -0.375 e. The minimum absolute atomic E-state index is 0.271. The lowest BCUT2D eigenvalue weighted by Crippen LogP contribution is -2.26. The zero-order valence-electron chi connectivity index (χ0n) is 9.76. The van der Waals surface area contributed by atoms with E-state index in [0.29, 0.717) is 0 Å². The summed E-state index contributed by atoms with van der Waals surface area (Å²) in [7, 11) is 0. The zero-order chi connectivity index (χ0) is 13.2. The standard InChI is InChI=1S/C10H13N3O4/c1-10(2,3)11-8-5-4-7(12(14)15)6-9(8)13(16)17/h4-6,11H,1-3H3. The summed E-state index contributed by atoms with van der Waals surface area (Å²) >= 11 is 0. The summed E-state index contributed by atoms with van der Waals surface area (Å²) < 4.78 is 0. The van der Waals surface area contributed by atoms with Gasteiger partial charge in [-0.25, -0.2) is 0 Å². The van der Waals surface area contributed by atoms with Gasteiger partial charge in [0.15, 0.2) is 0 Å². The molecule has 0 radical (unpaired) electrons. The van der Waals surface area contributed by atoms with Crippen LogP contribution in [0, 0.1) is 20.2 Å². The number of non-ortho nitro benzene ring substituents is 1. The van der Waals surface area contributed by atoms with Crippen molar-refractivity contribution in [2.45, 2.75) is 26.3 Å². The van der Waals surface area contributed by atoms with Crippen molar-refractivity contribution in [1.29, 1.82) is 0 Å². The normalized spacial score (nSPS) is 11.0. The quantitative estimate of drug-likeness (QED) is 0.645. The molecule has 1 rings (SSSR count). The van der Waals surface area contributed by atoms with E-state index in [0.717, 1.165) is 6.07 Å². The van der Waals surface area contributed by atoms with Gasteiger partial charge >= 0.3 is 0 Å². The fourth-order valence-electron chi connectivity index (χ4n) is 1.29. The smallest absolute Gasteiger partial charge is 0.299 e. The molecule has 0 unspecified atom stereocenters. The molecular formula is C10H13N3O4. The van der Waals surface area contributed by atoms with Crippen molar-refractivity contribution in [1.82, 2.24) is 0 Å². The second-order valence-electron chi connectivity index (χ2n) is 4.59. The molecule has 0 bridgehead atoms. The molecular weight excluding hydrogens is 226 g/mol. The summed E-state index contributed by atoms with van der Waals surface area (Å²) in [5.41, 5.74) is -0.681. The van der Waals surface area contributed by atoms with Crippen molar-refractivity contribution in [2.24, 2.45) is 0 Å². The first-order valence-electron chi connectivity index (χ1n) is 4.92. The van der Waals surface area contributed by atoms with Gasteiger partial charge in [0.1, 0.15) is 5.69 Å². The van der Waals surface area contributed by atoms with Crippen LogP contribution in [0.1, 0.15) is 20.8 Å². The van der Waals surface area contributed by atoms with E-state index in [4.69, 9.17) is 0 Å². The first kappa shape index (κ1) is 12.9. The molecule has 1 aromatic carbocycles. The number of anilines is 1. The van der Waals surface area contributed by atoms with Crippen molar-refractivity contribution in [3.63, 3.8) is 0 Å². The van der Waals surface area contributed by atoms with Crippen molar-refractivity contribution in [3.8, 4) is 0 Å². The average Bonchev–Trinajstić information content (AvgIpc) is 2.14. The van der Waals surface area contributed by atoms with Gasteiger partial charge in [0.05, 0.1) is 15.9 Å². The first-order chi connectivity index (χ1) is 7.70. The highest BCUT2D eigenvalue weighted by atomic mass is 16.6. The summed E-state index contributed by atoms with van der Waals surface area (Å²) in [4.78, 5) is 20.1. The van der Waals surface area contributed by atoms with E-state index in [9.17, 15) is 20.2 Å². The fraction of sp³-hybridized carbons (Fsp3) is 0.400. The van der Waals surface area contributed by atoms with Crippen molar-refractivity contribution in [2.75, 3.05) is 5.32 Å². The third-order valence-corrected chi connectivity index (χ3v) is 1.90. The summed E-state index contributed by atoms with van der Waals surface area (Å²) in [6.45, 7) is 5.54. The van der Waals surface area contributed by atoms with E-state index in [2.05, 4.69) is 5.32 Å². The number of nitrogens with one attached hydrogen (secondary N) is 1. The molecule has 17 heavy (non-hydrogen) atoms. The number of nitro groups is 2. The van der Waals surface area contributed by atoms with Crippen LogP contribution in [-0.2, 0) is 0 Å². The number of hydrogen-bond acceptors (Lipinski definition) is 5. The Balaban J connectivity index is 3.23. The summed E-state index contributed by atoms with van der Waals surface area (Å²) in [6.07, 6.45) is 0. The second kappa shape index (κ2) is 4.36. The Hall–Kier alpha value is -2.18. The highest BCUT2D eigenvalue weighted by Gasteiger charge is 2.22. The number of nitrogens with zero attached hydrogens (tertiary/aromatic N) is 2. The van der Waals surface area contributed by atoms with Gasteiger partial charge in [0, 0.05) is 11.6 Å². The molecule has 0 aliphatic heterocycles. The first-order valence-corrected chi connectivity index (χ1v) is 4.92. The van der Waals surface area contributed by atoms with Gasteiger partial charge in [-0.1, -0.05) is 0 Å². The Labute approximate surface area is 97.7 Å². The van der Waals surface area contributed by atoms with Gasteiger partial charge in [0.2, 0.25) is 0 Å². The minimum atomic E-state index is -0.659. The number of hydrogen-bond donors (Lipinski definition) is 1. The van der Waals surface area contributed by atoms with Gasteiger partial charge in [-0.05, 0) is 26.8 Å². The molecule has 0 aliphatic rings. The van der Waals surface area contributed by atoms with Crippen LogP contribution in [0.25, 0.3) is 0 Å². The maximum absolute atomic E-state index is 10.8.